The summed E-state index contributed by atoms with van der Waals surface area (Å²) in [6.45, 7) is 0.182. The lowest BCUT2D eigenvalue weighted by Gasteiger charge is -2.10. The average Bonchev–Trinajstić information content (AvgIpc) is 3.05. The van der Waals surface area contributed by atoms with Crippen LogP contribution in [0.2, 0.25) is 0 Å². The summed E-state index contributed by atoms with van der Waals surface area (Å²) in [5.41, 5.74) is 1.73. The fourth-order valence-electron chi connectivity index (χ4n) is 1.93. The minimum absolute atomic E-state index is 0.0895. The monoisotopic (exact) mass is 289 g/mol. The number of hydrogen-bond donors (Lipinski definition) is 2. The molecule has 0 aliphatic carbocycles. The van der Waals surface area contributed by atoms with E-state index in [2.05, 4.69) is 5.32 Å². The Morgan fingerprint density at radius 2 is 2.10 bits per heavy atom. The number of aliphatic hydroxyl groups excluding tert-OH is 1. The second kappa shape index (κ2) is 7.50. The van der Waals surface area contributed by atoms with Gasteiger partial charge in [0.2, 0.25) is 5.91 Å². The van der Waals surface area contributed by atoms with Crippen molar-refractivity contribution in [3.8, 4) is 5.75 Å². The lowest BCUT2D eigenvalue weighted by molar-refractivity contribution is -0.121. The molecule has 0 fully saturated rings. The second-order valence-electron chi connectivity index (χ2n) is 4.72. The van der Waals surface area contributed by atoms with Crippen LogP contribution in [0, 0.1) is 0 Å². The predicted octanol–water partition coefficient (Wildman–Crippen LogP) is 2.07. The van der Waals surface area contributed by atoms with E-state index in [9.17, 15) is 9.90 Å². The summed E-state index contributed by atoms with van der Waals surface area (Å²) in [5.74, 6) is 0.708. The summed E-state index contributed by atoms with van der Waals surface area (Å²) in [4.78, 5) is 11.7. The molecule has 2 N–H and O–H groups in total. The molecule has 0 radical (unpaired) electrons. The lowest BCUT2D eigenvalue weighted by Crippen LogP contribution is -2.28. The molecule has 21 heavy (non-hydrogen) atoms. The maximum absolute atomic E-state index is 11.7. The molecule has 0 bridgehead atoms. The van der Waals surface area contributed by atoms with Gasteiger partial charge in [-0.15, -0.1) is 0 Å². The summed E-state index contributed by atoms with van der Waals surface area (Å²) >= 11 is 0. The lowest BCUT2D eigenvalue weighted by atomic mass is 10.1. The summed E-state index contributed by atoms with van der Waals surface area (Å²) in [6.07, 6.45) is 3.24. The molecule has 0 aliphatic rings. The standard InChI is InChI=1S/C16H19NO4/c1-20-14-5-2-12(3-6-14)4-7-16(19)17-10-15(18)13-8-9-21-11-13/h2-3,5-6,8-9,11,15,18H,4,7,10H2,1H3,(H,17,19)/t15-/m0/s1. The van der Waals surface area contributed by atoms with E-state index in [1.807, 2.05) is 24.3 Å². The minimum Gasteiger partial charge on any atom is -0.497 e. The van der Waals surface area contributed by atoms with E-state index in [-0.39, 0.29) is 12.5 Å². The van der Waals surface area contributed by atoms with Gasteiger partial charge in [0.25, 0.3) is 0 Å². The van der Waals surface area contributed by atoms with E-state index in [1.165, 1.54) is 12.5 Å². The topological polar surface area (TPSA) is 71.7 Å². The number of carbonyl (C=O) groups is 1. The zero-order valence-corrected chi connectivity index (χ0v) is 11.9. The van der Waals surface area contributed by atoms with Crippen molar-refractivity contribution < 1.29 is 19.1 Å². The van der Waals surface area contributed by atoms with Crippen LogP contribution in [0.1, 0.15) is 23.7 Å². The molecule has 2 rings (SSSR count). The van der Waals surface area contributed by atoms with Gasteiger partial charge >= 0.3 is 0 Å². The molecular formula is C16H19NO4. The molecule has 1 aromatic heterocycles. The predicted molar refractivity (Wildman–Crippen MR) is 78.0 cm³/mol. The molecule has 0 unspecified atom stereocenters. The van der Waals surface area contributed by atoms with Gasteiger partial charge in [-0.1, -0.05) is 12.1 Å². The number of rotatable bonds is 7. The van der Waals surface area contributed by atoms with Crippen LogP contribution >= 0.6 is 0 Å². The van der Waals surface area contributed by atoms with Gasteiger partial charge in [0.15, 0.2) is 0 Å². The Kier molecular flexibility index (Phi) is 5.40. The van der Waals surface area contributed by atoms with Crippen LogP contribution < -0.4 is 10.1 Å². The van der Waals surface area contributed by atoms with Crippen LogP contribution in [0.4, 0.5) is 0 Å². The van der Waals surface area contributed by atoms with Crippen molar-refractivity contribution in [2.24, 2.45) is 0 Å². The number of hydrogen-bond acceptors (Lipinski definition) is 4. The van der Waals surface area contributed by atoms with E-state index >= 15 is 0 Å². The fourth-order valence-corrected chi connectivity index (χ4v) is 1.93. The number of nitrogens with one attached hydrogen (secondary N) is 1. The highest BCUT2D eigenvalue weighted by Crippen LogP contribution is 2.13. The van der Waals surface area contributed by atoms with Crippen LogP contribution in [0.15, 0.2) is 47.3 Å². The van der Waals surface area contributed by atoms with Crippen LogP contribution in [0.25, 0.3) is 0 Å². The Labute approximate surface area is 123 Å². The molecule has 5 heteroatoms. The van der Waals surface area contributed by atoms with Crippen molar-refractivity contribution in [2.75, 3.05) is 13.7 Å². The molecule has 112 valence electrons. The minimum atomic E-state index is -0.742. The number of furan rings is 1. The van der Waals surface area contributed by atoms with Crippen molar-refractivity contribution in [1.29, 1.82) is 0 Å². The van der Waals surface area contributed by atoms with E-state index in [0.717, 1.165) is 11.3 Å². The highest BCUT2D eigenvalue weighted by Gasteiger charge is 2.10. The van der Waals surface area contributed by atoms with Gasteiger partial charge < -0.3 is 19.6 Å². The van der Waals surface area contributed by atoms with Crippen molar-refractivity contribution >= 4 is 5.91 Å². The quantitative estimate of drug-likeness (QED) is 0.818. The van der Waals surface area contributed by atoms with Gasteiger partial charge in [0, 0.05) is 18.5 Å². The smallest absolute Gasteiger partial charge is 0.220 e. The Morgan fingerprint density at radius 3 is 2.71 bits per heavy atom. The first-order valence-electron chi connectivity index (χ1n) is 6.79. The van der Waals surface area contributed by atoms with E-state index in [0.29, 0.717) is 18.4 Å². The molecule has 1 heterocycles. The van der Waals surface area contributed by atoms with Gasteiger partial charge in [-0.05, 0) is 30.2 Å². The molecule has 0 saturated carbocycles. The zero-order chi connectivity index (χ0) is 15.1. The molecule has 1 atom stereocenters. The second-order valence-corrected chi connectivity index (χ2v) is 4.72. The normalized spacial score (nSPS) is 11.9. The first-order chi connectivity index (χ1) is 10.2. The van der Waals surface area contributed by atoms with Crippen LogP contribution in [-0.2, 0) is 11.2 Å². The Balaban J connectivity index is 1.71. The zero-order valence-electron chi connectivity index (χ0n) is 11.9. The molecule has 0 saturated heterocycles. The Hall–Kier alpha value is -2.27. The summed E-state index contributed by atoms with van der Waals surface area (Å²) in [6, 6.07) is 9.29. The van der Waals surface area contributed by atoms with E-state index < -0.39 is 6.10 Å². The van der Waals surface area contributed by atoms with E-state index in [4.69, 9.17) is 9.15 Å². The summed E-state index contributed by atoms with van der Waals surface area (Å²) < 4.78 is 9.96. The fraction of sp³-hybridized carbons (Fsp3) is 0.312. The summed E-state index contributed by atoms with van der Waals surface area (Å²) in [5, 5.41) is 12.5. The third-order valence-electron chi connectivity index (χ3n) is 3.22. The van der Waals surface area contributed by atoms with Gasteiger partial charge in [-0.3, -0.25) is 4.79 Å². The largest absolute Gasteiger partial charge is 0.497 e. The van der Waals surface area contributed by atoms with Crippen molar-refractivity contribution in [2.45, 2.75) is 18.9 Å². The molecule has 0 spiro atoms. The van der Waals surface area contributed by atoms with Gasteiger partial charge in [-0.2, -0.15) is 0 Å². The highest BCUT2D eigenvalue weighted by molar-refractivity contribution is 5.76. The third-order valence-corrected chi connectivity index (χ3v) is 3.22. The van der Waals surface area contributed by atoms with Gasteiger partial charge in [-0.25, -0.2) is 0 Å². The van der Waals surface area contributed by atoms with Crippen LogP contribution in [0.3, 0.4) is 0 Å². The maximum Gasteiger partial charge on any atom is 0.220 e. The molecule has 0 aliphatic heterocycles. The molecule has 1 aromatic carbocycles. The van der Waals surface area contributed by atoms with Crippen molar-refractivity contribution in [3.05, 3.63) is 54.0 Å². The summed E-state index contributed by atoms with van der Waals surface area (Å²) in [7, 11) is 1.62. The number of amides is 1. The molecule has 2 aromatic rings. The number of carbonyl (C=O) groups excluding carboxylic acids is 1. The number of aliphatic hydroxyl groups is 1. The molecule has 5 nitrogen and oxygen atoms in total. The highest BCUT2D eigenvalue weighted by atomic mass is 16.5. The van der Waals surface area contributed by atoms with Crippen LogP contribution in [-0.4, -0.2) is 24.7 Å². The number of benzene rings is 1. The number of aryl methyl sites for hydroxylation is 1. The first-order valence-corrected chi connectivity index (χ1v) is 6.79. The number of methoxy groups -OCH3 is 1. The van der Waals surface area contributed by atoms with Gasteiger partial charge in [0.1, 0.15) is 5.75 Å². The Bertz CT molecular complexity index is 548. The SMILES string of the molecule is COc1ccc(CCC(=O)NC[C@H](O)c2ccoc2)cc1. The Morgan fingerprint density at radius 1 is 1.33 bits per heavy atom. The van der Waals surface area contributed by atoms with Gasteiger partial charge in [0.05, 0.1) is 25.7 Å². The van der Waals surface area contributed by atoms with Crippen LogP contribution in [0.5, 0.6) is 5.75 Å². The first kappa shape index (κ1) is 15.1. The molecule has 1 amide bonds. The average molecular weight is 289 g/mol. The van der Waals surface area contributed by atoms with Crippen molar-refractivity contribution in [1.82, 2.24) is 5.32 Å². The third kappa shape index (κ3) is 4.65. The van der Waals surface area contributed by atoms with E-state index in [1.54, 1.807) is 13.2 Å². The molecular weight excluding hydrogens is 270 g/mol. The number of ether oxygens (including phenoxy) is 1. The maximum atomic E-state index is 11.7. The van der Waals surface area contributed by atoms with Crippen molar-refractivity contribution in [3.63, 3.8) is 0 Å².